The largest absolute Gasteiger partial charge is 0.345 e. The molecule has 0 aliphatic carbocycles. The van der Waals surface area contributed by atoms with Gasteiger partial charge in [-0.15, -0.1) is 0 Å². The van der Waals surface area contributed by atoms with Crippen LogP contribution in [0, 0.1) is 11.3 Å². The van der Waals surface area contributed by atoms with Crippen LogP contribution in [0.15, 0.2) is 53.0 Å². The first-order chi connectivity index (χ1) is 14.7. The van der Waals surface area contributed by atoms with Crippen molar-refractivity contribution in [2.24, 2.45) is 0 Å². The molecule has 0 saturated carbocycles. The van der Waals surface area contributed by atoms with Gasteiger partial charge in [-0.3, -0.25) is 19.3 Å². The number of rotatable bonds is 6. The number of nitrogens with one attached hydrogen (secondary N) is 3. The van der Waals surface area contributed by atoms with E-state index in [9.17, 15) is 19.2 Å². The van der Waals surface area contributed by atoms with Gasteiger partial charge in [0.25, 0.3) is 5.91 Å². The second kappa shape index (κ2) is 8.97. The summed E-state index contributed by atoms with van der Waals surface area (Å²) in [5.41, 5.74) is 0.0956. The number of carbonyl (C=O) groups excluding carboxylic acids is 4. The zero-order valence-electron chi connectivity index (χ0n) is 16.4. The predicted octanol–water partition coefficient (Wildman–Crippen LogP) is 1.84. The topological polar surface area (TPSA) is 131 Å². The summed E-state index contributed by atoms with van der Waals surface area (Å²) in [5, 5.41) is 16.5. The second-order valence-corrected chi connectivity index (χ2v) is 7.79. The highest BCUT2D eigenvalue weighted by Crippen LogP contribution is 2.28. The fourth-order valence-corrected chi connectivity index (χ4v) is 3.43. The molecule has 0 bridgehead atoms. The number of carbonyl (C=O) groups is 4. The van der Waals surface area contributed by atoms with Crippen molar-refractivity contribution in [2.75, 3.05) is 18.4 Å². The monoisotopic (exact) mass is 483 g/mol. The molecule has 1 fully saturated rings. The minimum Gasteiger partial charge on any atom is -0.345 e. The number of hydrogen-bond donors (Lipinski definition) is 3. The molecule has 0 radical (unpaired) electrons. The molecule has 0 spiro atoms. The highest BCUT2D eigenvalue weighted by molar-refractivity contribution is 9.10. The van der Waals surface area contributed by atoms with Crippen molar-refractivity contribution in [3.05, 3.63) is 64.1 Å². The van der Waals surface area contributed by atoms with Crippen LogP contribution in [0.5, 0.6) is 0 Å². The number of amides is 5. The first-order valence-electron chi connectivity index (χ1n) is 9.20. The zero-order chi connectivity index (χ0) is 22.6. The number of halogens is 1. The van der Waals surface area contributed by atoms with Gasteiger partial charge in [0, 0.05) is 4.47 Å². The van der Waals surface area contributed by atoms with Crippen molar-refractivity contribution >= 4 is 45.4 Å². The SMILES string of the molecule is CC1(c2ccc(C#N)cc2)NC(=O)N(CC(=O)NCC(=O)Nc2ccccc2Br)C1=O. The molecule has 31 heavy (non-hydrogen) atoms. The molecule has 3 N–H and O–H groups in total. The fraction of sp³-hybridized carbons (Fsp3) is 0.190. The number of nitriles is 1. The maximum atomic E-state index is 12.9. The lowest BCUT2D eigenvalue weighted by atomic mass is 9.91. The summed E-state index contributed by atoms with van der Waals surface area (Å²) in [7, 11) is 0. The van der Waals surface area contributed by atoms with E-state index in [0.717, 1.165) is 4.90 Å². The molecule has 0 aromatic heterocycles. The Labute approximate surface area is 186 Å². The summed E-state index contributed by atoms with van der Waals surface area (Å²) < 4.78 is 0.691. The molecule has 158 valence electrons. The number of benzene rings is 2. The van der Waals surface area contributed by atoms with Gasteiger partial charge in [0.15, 0.2) is 0 Å². The molecule has 3 rings (SSSR count). The smallest absolute Gasteiger partial charge is 0.325 e. The van der Waals surface area contributed by atoms with Gasteiger partial charge in [0.1, 0.15) is 12.1 Å². The first-order valence-corrected chi connectivity index (χ1v) is 9.99. The lowest BCUT2D eigenvalue weighted by Crippen LogP contribution is -2.44. The second-order valence-electron chi connectivity index (χ2n) is 6.94. The predicted molar refractivity (Wildman–Crippen MR) is 115 cm³/mol. The zero-order valence-corrected chi connectivity index (χ0v) is 18.0. The van der Waals surface area contributed by atoms with Gasteiger partial charge < -0.3 is 16.0 Å². The third kappa shape index (κ3) is 4.73. The van der Waals surface area contributed by atoms with E-state index in [0.29, 0.717) is 21.3 Å². The maximum Gasteiger partial charge on any atom is 0.325 e. The van der Waals surface area contributed by atoms with Crippen LogP contribution in [0.3, 0.4) is 0 Å². The Balaban J connectivity index is 1.59. The van der Waals surface area contributed by atoms with Gasteiger partial charge in [-0.2, -0.15) is 5.26 Å². The standard InChI is InChI=1S/C21H18BrN5O4/c1-21(14-8-6-13(10-23)7-9-14)19(30)27(20(31)26-21)12-18(29)24-11-17(28)25-16-5-3-2-4-15(16)22/h2-9H,11-12H2,1H3,(H,24,29)(H,25,28)(H,26,31). The number of imide groups is 1. The number of anilines is 1. The normalized spacial score (nSPS) is 17.6. The fourth-order valence-electron chi connectivity index (χ4n) is 3.05. The molecular formula is C21H18BrN5O4. The van der Waals surface area contributed by atoms with E-state index >= 15 is 0 Å². The third-order valence-electron chi connectivity index (χ3n) is 4.76. The molecule has 5 amide bonds. The van der Waals surface area contributed by atoms with Crippen LogP contribution in [-0.2, 0) is 19.9 Å². The van der Waals surface area contributed by atoms with Crippen molar-refractivity contribution in [3.8, 4) is 6.07 Å². The molecular weight excluding hydrogens is 466 g/mol. The first kappa shape index (κ1) is 22.0. The number of nitrogens with zero attached hydrogens (tertiary/aromatic N) is 2. The summed E-state index contributed by atoms with van der Waals surface area (Å²) in [6.45, 7) is 0.674. The molecule has 2 aromatic carbocycles. The average molecular weight is 484 g/mol. The Bertz CT molecular complexity index is 1100. The maximum absolute atomic E-state index is 12.9. The van der Waals surface area contributed by atoms with Gasteiger partial charge >= 0.3 is 6.03 Å². The molecule has 1 heterocycles. The molecule has 1 aliphatic rings. The van der Waals surface area contributed by atoms with Crippen molar-refractivity contribution in [3.63, 3.8) is 0 Å². The lowest BCUT2D eigenvalue weighted by molar-refractivity contribution is -0.135. The van der Waals surface area contributed by atoms with E-state index in [4.69, 9.17) is 5.26 Å². The quantitative estimate of drug-likeness (QED) is 0.539. The highest BCUT2D eigenvalue weighted by Gasteiger charge is 2.49. The van der Waals surface area contributed by atoms with Crippen LogP contribution in [0.4, 0.5) is 10.5 Å². The van der Waals surface area contributed by atoms with E-state index in [2.05, 4.69) is 31.9 Å². The Morgan fingerprint density at radius 3 is 2.45 bits per heavy atom. The van der Waals surface area contributed by atoms with Gasteiger partial charge in [-0.1, -0.05) is 24.3 Å². The molecule has 1 aliphatic heterocycles. The van der Waals surface area contributed by atoms with Crippen LogP contribution in [0.2, 0.25) is 0 Å². The summed E-state index contributed by atoms with van der Waals surface area (Å²) in [4.78, 5) is 50.3. The highest BCUT2D eigenvalue weighted by atomic mass is 79.9. The van der Waals surface area contributed by atoms with Gasteiger partial charge in [0.2, 0.25) is 11.8 Å². The van der Waals surface area contributed by atoms with Crippen LogP contribution >= 0.6 is 15.9 Å². The lowest BCUT2D eigenvalue weighted by Gasteiger charge is -2.22. The Hall–Kier alpha value is -3.71. The van der Waals surface area contributed by atoms with E-state index in [1.165, 1.54) is 6.92 Å². The summed E-state index contributed by atoms with van der Waals surface area (Å²) in [6, 6.07) is 14.5. The van der Waals surface area contributed by atoms with Gasteiger partial charge in [-0.25, -0.2) is 4.79 Å². The Morgan fingerprint density at radius 1 is 1.13 bits per heavy atom. The molecule has 1 atom stereocenters. The summed E-state index contributed by atoms with van der Waals surface area (Å²) in [5.74, 6) is -1.72. The molecule has 9 nitrogen and oxygen atoms in total. The third-order valence-corrected chi connectivity index (χ3v) is 5.45. The van der Waals surface area contributed by atoms with E-state index in [-0.39, 0.29) is 6.54 Å². The molecule has 1 saturated heterocycles. The average Bonchev–Trinajstić information content (AvgIpc) is 2.98. The van der Waals surface area contributed by atoms with Crippen molar-refractivity contribution in [2.45, 2.75) is 12.5 Å². The minimum absolute atomic E-state index is 0.323. The number of hydrogen-bond acceptors (Lipinski definition) is 5. The van der Waals surface area contributed by atoms with Crippen LogP contribution in [0.25, 0.3) is 0 Å². The molecule has 10 heteroatoms. The van der Waals surface area contributed by atoms with E-state index in [1.807, 2.05) is 6.07 Å². The van der Waals surface area contributed by atoms with Crippen LogP contribution in [0.1, 0.15) is 18.1 Å². The van der Waals surface area contributed by atoms with Crippen LogP contribution in [-0.4, -0.2) is 41.7 Å². The van der Waals surface area contributed by atoms with Crippen molar-refractivity contribution in [1.29, 1.82) is 5.26 Å². The molecule has 2 aromatic rings. The Kier molecular flexibility index (Phi) is 6.36. The number of urea groups is 1. The van der Waals surface area contributed by atoms with Gasteiger partial charge in [0.05, 0.1) is 23.9 Å². The van der Waals surface area contributed by atoms with E-state index < -0.39 is 35.8 Å². The number of para-hydroxylation sites is 1. The van der Waals surface area contributed by atoms with Gasteiger partial charge in [-0.05, 0) is 52.7 Å². The van der Waals surface area contributed by atoms with Crippen molar-refractivity contribution in [1.82, 2.24) is 15.5 Å². The Morgan fingerprint density at radius 2 is 1.81 bits per heavy atom. The van der Waals surface area contributed by atoms with E-state index in [1.54, 1.807) is 48.5 Å². The summed E-state index contributed by atoms with van der Waals surface area (Å²) >= 11 is 3.31. The summed E-state index contributed by atoms with van der Waals surface area (Å²) in [6.07, 6.45) is 0. The molecule has 1 unspecified atom stereocenters. The van der Waals surface area contributed by atoms with Crippen molar-refractivity contribution < 1.29 is 19.2 Å². The van der Waals surface area contributed by atoms with Crippen LogP contribution < -0.4 is 16.0 Å². The minimum atomic E-state index is -1.36.